The third-order valence-corrected chi connectivity index (χ3v) is 3.23. The molecule has 0 aliphatic carbocycles. The minimum atomic E-state index is -0.355. The predicted molar refractivity (Wildman–Crippen MR) is 74.8 cm³/mol. The molecule has 1 N–H and O–H groups in total. The zero-order valence-corrected chi connectivity index (χ0v) is 11.0. The molecular weight excluding hydrogens is 254 g/mol. The summed E-state index contributed by atoms with van der Waals surface area (Å²) in [5.74, 6) is 0.0575. The molecule has 0 radical (unpaired) electrons. The standard InChI is InChI=1S/C16H13NO3/c1-2-20-11-8-6-10(7-9-11)14-12-4-3-5-13(14)16(19)17-15(12)18/h3-9H,2H2,1H3,(H,17,18,19). The van der Waals surface area contributed by atoms with Gasteiger partial charge in [-0.25, -0.2) is 0 Å². The third-order valence-electron chi connectivity index (χ3n) is 3.23. The zero-order chi connectivity index (χ0) is 14.1. The number of fused-ring (bicyclic) bond motifs is 2. The second-order valence-electron chi connectivity index (χ2n) is 4.47. The topological polar surface area (TPSA) is 55.4 Å². The van der Waals surface area contributed by atoms with Gasteiger partial charge in [0.05, 0.1) is 6.61 Å². The van der Waals surface area contributed by atoms with Crippen molar-refractivity contribution in [3.63, 3.8) is 0 Å². The minimum Gasteiger partial charge on any atom is -0.494 e. The number of amides is 2. The fourth-order valence-electron chi connectivity index (χ4n) is 2.36. The Bertz CT molecular complexity index is 657. The summed E-state index contributed by atoms with van der Waals surface area (Å²) in [5, 5.41) is 2.33. The summed E-state index contributed by atoms with van der Waals surface area (Å²) in [6, 6.07) is 12.6. The number of imide groups is 1. The van der Waals surface area contributed by atoms with Gasteiger partial charge in [-0.2, -0.15) is 0 Å². The fourth-order valence-corrected chi connectivity index (χ4v) is 2.36. The molecule has 3 rings (SSSR count). The molecule has 1 aliphatic heterocycles. The summed E-state index contributed by atoms with van der Waals surface area (Å²) >= 11 is 0. The van der Waals surface area contributed by atoms with Gasteiger partial charge in [-0.05, 0) is 36.8 Å². The summed E-state index contributed by atoms with van der Waals surface area (Å²) < 4.78 is 5.39. The Labute approximate surface area is 116 Å². The number of hydrogen-bond donors (Lipinski definition) is 1. The smallest absolute Gasteiger partial charge is 0.258 e. The van der Waals surface area contributed by atoms with Gasteiger partial charge in [0.2, 0.25) is 0 Å². The summed E-state index contributed by atoms with van der Waals surface area (Å²) in [4.78, 5) is 23.8. The van der Waals surface area contributed by atoms with E-state index < -0.39 is 0 Å². The van der Waals surface area contributed by atoms with Gasteiger partial charge in [0, 0.05) is 16.7 Å². The largest absolute Gasteiger partial charge is 0.494 e. The van der Waals surface area contributed by atoms with Crippen LogP contribution in [0.1, 0.15) is 27.6 Å². The Morgan fingerprint density at radius 1 is 0.950 bits per heavy atom. The van der Waals surface area contributed by atoms with Gasteiger partial charge >= 0.3 is 0 Å². The van der Waals surface area contributed by atoms with E-state index in [4.69, 9.17) is 4.74 Å². The molecule has 0 saturated heterocycles. The van der Waals surface area contributed by atoms with Crippen LogP contribution >= 0.6 is 0 Å². The first-order valence-corrected chi connectivity index (χ1v) is 6.42. The van der Waals surface area contributed by atoms with Crippen molar-refractivity contribution in [1.29, 1.82) is 0 Å². The van der Waals surface area contributed by atoms with Crippen molar-refractivity contribution >= 4 is 11.8 Å². The van der Waals surface area contributed by atoms with Crippen LogP contribution in [-0.2, 0) is 0 Å². The van der Waals surface area contributed by atoms with E-state index in [9.17, 15) is 9.59 Å². The van der Waals surface area contributed by atoms with Crippen LogP contribution in [0.3, 0.4) is 0 Å². The molecule has 0 atom stereocenters. The molecule has 0 spiro atoms. The van der Waals surface area contributed by atoms with Crippen LogP contribution in [0.15, 0.2) is 42.5 Å². The van der Waals surface area contributed by atoms with E-state index in [0.717, 1.165) is 11.3 Å². The van der Waals surface area contributed by atoms with Crippen molar-refractivity contribution in [3.8, 4) is 16.9 Å². The molecular formula is C16H13NO3. The molecule has 0 fully saturated rings. The second-order valence-corrected chi connectivity index (χ2v) is 4.47. The Balaban J connectivity index is 2.12. The zero-order valence-electron chi connectivity index (χ0n) is 11.0. The molecule has 4 heteroatoms. The number of benzene rings is 2. The van der Waals surface area contributed by atoms with E-state index in [2.05, 4.69) is 5.32 Å². The maximum Gasteiger partial charge on any atom is 0.258 e. The van der Waals surface area contributed by atoms with Crippen molar-refractivity contribution in [2.45, 2.75) is 6.92 Å². The van der Waals surface area contributed by atoms with E-state index in [0.29, 0.717) is 23.3 Å². The van der Waals surface area contributed by atoms with Crippen LogP contribution in [0.4, 0.5) is 0 Å². The van der Waals surface area contributed by atoms with Crippen LogP contribution in [-0.4, -0.2) is 18.4 Å². The van der Waals surface area contributed by atoms with Gasteiger partial charge in [0.15, 0.2) is 0 Å². The predicted octanol–water partition coefficient (Wildman–Crippen LogP) is 2.64. The van der Waals surface area contributed by atoms with Crippen LogP contribution in [0.25, 0.3) is 11.1 Å². The highest BCUT2D eigenvalue weighted by atomic mass is 16.5. The maximum absolute atomic E-state index is 11.9. The summed E-state index contributed by atoms with van der Waals surface area (Å²) in [7, 11) is 0. The molecule has 2 aromatic carbocycles. The molecule has 4 nitrogen and oxygen atoms in total. The summed E-state index contributed by atoms with van der Waals surface area (Å²) in [6.07, 6.45) is 0. The van der Waals surface area contributed by atoms with Gasteiger partial charge in [-0.15, -0.1) is 0 Å². The van der Waals surface area contributed by atoms with Crippen molar-refractivity contribution in [2.24, 2.45) is 0 Å². The van der Waals surface area contributed by atoms with Gasteiger partial charge in [0.1, 0.15) is 5.75 Å². The maximum atomic E-state index is 11.9. The average molecular weight is 267 g/mol. The molecule has 2 amide bonds. The highest BCUT2D eigenvalue weighted by Gasteiger charge is 2.26. The van der Waals surface area contributed by atoms with Gasteiger partial charge in [-0.3, -0.25) is 14.9 Å². The van der Waals surface area contributed by atoms with Gasteiger partial charge < -0.3 is 4.74 Å². The second kappa shape index (κ2) is 4.81. The van der Waals surface area contributed by atoms with Crippen LogP contribution in [0, 0.1) is 0 Å². The van der Waals surface area contributed by atoms with E-state index in [1.807, 2.05) is 31.2 Å². The van der Waals surface area contributed by atoms with Crippen molar-refractivity contribution in [2.75, 3.05) is 6.61 Å². The molecule has 0 unspecified atom stereocenters. The van der Waals surface area contributed by atoms with E-state index in [1.54, 1.807) is 18.2 Å². The number of carbonyl (C=O) groups is 2. The van der Waals surface area contributed by atoms with Crippen LogP contribution in [0.2, 0.25) is 0 Å². The SMILES string of the molecule is CCOc1ccc(-c2c3cccc2C(=O)NC3=O)cc1. The van der Waals surface area contributed by atoms with Gasteiger partial charge in [-0.1, -0.05) is 18.2 Å². The molecule has 0 saturated carbocycles. The molecule has 100 valence electrons. The normalized spacial score (nSPS) is 13.1. The molecule has 2 aromatic rings. The van der Waals surface area contributed by atoms with E-state index >= 15 is 0 Å². The van der Waals surface area contributed by atoms with Crippen molar-refractivity contribution in [1.82, 2.24) is 5.32 Å². The van der Waals surface area contributed by atoms with E-state index in [1.165, 1.54) is 0 Å². The lowest BCUT2D eigenvalue weighted by atomic mass is 9.91. The summed E-state index contributed by atoms with van der Waals surface area (Å²) in [6.45, 7) is 2.52. The monoisotopic (exact) mass is 267 g/mol. The quantitative estimate of drug-likeness (QED) is 0.870. The lowest BCUT2D eigenvalue weighted by Gasteiger charge is -2.19. The number of ether oxygens (including phenoxy) is 1. The first-order valence-electron chi connectivity index (χ1n) is 6.42. The Morgan fingerprint density at radius 2 is 1.55 bits per heavy atom. The molecule has 20 heavy (non-hydrogen) atoms. The fraction of sp³-hybridized carbons (Fsp3) is 0.125. The first-order chi connectivity index (χ1) is 9.70. The Kier molecular flexibility index (Phi) is 2.99. The lowest BCUT2D eigenvalue weighted by molar-refractivity contribution is 0.0842. The minimum absolute atomic E-state index is 0.355. The molecule has 1 aliphatic rings. The van der Waals surface area contributed by atoms with Crippen LogP contribution < -0.4 is 10.1 Å². The van der Waals surface area contributed by atoms with Crippen molar-refractivity contribution < 1.29 is 14.3 Å². The molecule has 1 heterocycles. The Morgan fingerprint density at radius 3 is 2.10 bits per heavy atom. The number of hydrogen-bond acceptors (Lipinski definition) is 3. The van der Waals surface area contributed by atoms with Crippen molar-refractivity contribution in [3.05, 3.63) is 53.6 Å². The lowest BCUT2D eigenvalue weighted by Crippen LogP contribution is -2.35. The highest BCUT2D eigenvalue weighted by Crippen LogP contribution is 2.31. The number of nitrogens with one attached hydrogen (secondary N) is 1. The van der Waals surface area contributed by atoms with E-state index in [-0.39, 0.29) is 11.8 Å². The van der Waals surface area contributed by atoms with Crippen LogP contribution in [0.5, 0.6) is 5.75 Å². The molecule has 2 bridgehead atoms. The first kappa shape index (κ1) is 12.4. The molecule has 0 aromatic heterocycles. The highest BCUT2D eigenvalue weighted by molar-refractivity contribution is 6.20. The third kappa shape index (κ3) is 1.95. The van der Waals surface area contributed by atoms with Gasteiger partial charge in [0.25, 0.3) is 11.8 Å². The number of carbonyl (C=O) groups excluding carboxylic acids is 2. The summed E-state index contributed by atoms with van der Waals surface area (Å²) in [5.41, 5.74) is 2.56. The Hall–Kier alpha value is -2.62. The number of rotatable bonds is 3. The average Bonchev–Trinajstić information content (AvgIpc) is 2.46.